The van der Waals surface area contributed by atoms with E-state index in [1.165, 1.54) is 0 Å². The molecule has 1 aromatic rings. The Morgan fingerprint density at radius 3 is 2.52 bits per heavy atom. The van der Waals surface area contributed by atoms with Gasteiger partial charge in [-0.05, 0) is 43.1 Å². The molecule has 150 valence electrons. The van der Waals surface area contributed by atoms with Crippen LogP contribution in [0.1, 0.15) is 36.5 Å². The van der Waals surface area contributed by atoms with Crippen molar-refractivity contribution >= 4 is 17.6 Å². The quantitative estimate of drug-likeness (QED) is 0.783. The SMILES string of the molecule is O=C(N1CCC(Cc2nc(C(F)(F)F)ns2)CC1)N1CC2(CCC(O)N2)C1. The third-order valence-corrected chi connectivity index (χ3v) is 6.43. The first-order valence-electron chi connectivity index (χ1n) is 9.13. The number of urea groups is 1. The van der Waals surface area contributed by atoms with Crippen molar-refractivity contribution in [2.45, 2.75) is 50.0 Å². The molecule has 0 aromatic carbocycles. The maximum atomic E-state index is 12.6. The maximum absolute atomic E-state index is 12.6. The molecule has 27 heavy (non-hydrogen) atoms. The van der Waals surface area contributed by atoms with Gasteiger partial charge in [-0.3, -0.25) is 5.32 Å². The number of amides is 2. The number of carbonyl (C=O) groups excluding carboxylic acids is 1. The van der Waals surface area contributed by atoms with Crippen LogP contribution < -0.4 is 5.32 Å². The van der Waals surface area contributed by atoms with Crippen molar-refractivity contribution < 1.29 is 23.1 Å². The number of likely N-dealkylation sites (tertiary alicyclic amines) is 2. The molecule has 1 spiro atoms. The van der Waals surface area contributed by atoms with Crippen LogP contribution in [0.25, 0.3) is 0 Å². The predicted octanol–water partition coefficient (Wildman–Crippen LogP) is 1.69. The minimum absolute atomic E-state index is 0.0116. The van der Waals surface area contributed by atoms with Gasteiger partial charge in [0, 0.05) is 32.6 Å². The van der Waals surface area contributed by atoms with Crippen molar-refractivity contribution in [3.8, 4) is 0 Å². The summed E-state index contributed by atoms with van der Waals surface area (Å²) >= 11 is 0.808. The Morgan fingerprint density at radius 2 is 1.96 bits per heavy atom. The molecule has 0 aliphatic carbocycles. The fourth-order valence-electron chi connectivity index (χ4n) is 4.21. The predicted molar refractivity (Wildman–Crippen MR) is 91.0 cm³/mol. The highest BCUT2D eigenvalue weighted by Crippen LogP contribution is 2.34. The van der Waals surface area contributed by atoms with Crippen LogP contribution in [-0.4, -0.2) is 68.2 Å². The molecule has 1 atom stereocenters. The second kappa shape index (κ2) is 6.85. The molecule has 3 saturated heterocycles. The van der Waals surface area contributed by atoms with Crippen LogP contribution in [-0.2, 0) is 12.6 Å². The second-order valence-electron chi connectivity index (χ2n) is 7.76. The number of rotatable bonds is 2. The van der Waals surface area contributed by atoms with Gasteiger partial charge in [-0.1, -0.05) is 0 Å². The van der Waals surface area contributed by atoms with Gasteiger partial charge in [0.25, 0.3) is 0 Å². The van der Waals surface area contributed by atoms with Gasteiger partial charge in [-0.2, -0.15) is 17.5 Å². The lowest BCUT2D eigenvalue weighted by atomic mass is 9.88. The molecular formula is C16H22F3N5O2S. The summed E-state index contributed by atoms with van der Waals surface area (Å²) in [6.07, 6.45) is -1.40. The minimum atomic E-state index is -4.50. The van der Waals surface area contributed by atoms with E-state index in [9.17, 15) is 23.1 Å². The van der Waals surface area contributed by atoms with E-state index >= 15 is 0 Å². The van der Waals surface area contributed by atoms with Crippen LogP contribution in [0.15, 0.2) is 0 Å². The molecule has 4 heterocycles. The summed E-state index contributed by atoms with van der Waals surface area (Å²) in [4.78, 5) is 19.8. The van der Waals surface area contributed by atoms with E-state index in [1.807, 2.05) is 4.90 Å². The standard InChI is InChI=1S/C16H22F3N5O2S/c17-16(18,19)13-20-12(27-22-13)7-10-2-5-23(6-3-10)14(26)24-8-15(9-24)4-1-11(25)21-15/h10-11,21,25H,1-9H2. The number of hydrogen-bond acceptors (Lipinski definition) is 6. The molecular weight excluding hydrogens is 383 g/mol. The molecule has 0 radical (unpaired) electrons. The normalized spacial score (nSPS) is 25.9. The van der Waals surface area contributed by atoms with Crippen molar-refractivity contribution in [2.24, 2.45) is 5.92 Å². The number of aliphatic hydroxyl groups excluding tert-OH is 1. The lowest BCUT2D eigenvalue weighted by molar-refractivity contribution is -0.144. The summed E-state index contributed by atoms with van der Waals surface area (Å²) in [5, 5.41) is 13.2. The fraction of sp³-hybridized carbons (Fsp3) is 0.812. The number of halogens is 3. The first-order valence-corrected chi connectivity index (χ1v) is 9.91. The van der Waals surface area contributed by atoms with E-state index in [2.05, 4.69) is 14.7 Å². The Hall–Kier alpha value is -1.46. The number of piperidine rings is 1. The molecule has 4 rings (SSSR count). The van der Waals surface area contributed by atoms with E-state index in [0.717, 1.165) is 37.2 Å². The Kier molecular flexibility index (Phi) is 4.79. The first-order chi connectivity index (χ1) is 12.7. The molecule has 0 saturated carbocycles. The second-order valence-corrected chi connectivity index (χ2v) is 8.60. The molecule has 2 N–H and O–H groups in total. The molecule has 7 nitrogen and oxygen atoms in total. The number of aromatic nitrogens is 2. The van der Waals surface area contributed by atoms with E-state index < -0.39 is 18.2 Å². The topological polar surface area (TPSA) is 81.6 Å². The molecule has 3 aliphatic rings. The summed E-state index contributed by atoms with van der Waals surface area (Å²) < 4.78 is 41.1. The Labute approximate surface area is 158 Å². The third kappa shape index (κ3) is 3.90. The zero-order valence-electron chi connectivity index (χ0n) is 14.7. The Bertz CT molecular complexity index is 698. The van der Waals surface area contributed by atoms with Gasteiger partial charge >= 0.3 is 12.2 Å². The lowest BCUT2D eigenvalue weighted by Gasteiger charge is -2.50. The Morgan fingerprint density at radius 1 is 1.26 bits per heavy atom. The average molecular weight is 405 g/mol. The zero-order valence-corrected chi connectivity index (χ0v) is 15.5. The Balaban J connectivity index is 1.23. The van der Waals surface area contributed by atoms with Crippen LogP contribution in [0.5, 0.6) is 0 Å². The van der Waals surface area contributed by atoms with Crippen molar-refractivity contribution in [1.82, 2.24) is 24.5 Å². The van der Waals surface area contributed by atoms with Crippen LogP contribution in [0.3, 0.4) is 0 Å². The largest absolute Gasteiger partial charge is 0.452 e. The lowest BCUT2D eigenvalue weighted by Crippen LogP contribution is -2.70. The molecule has 3 aliphatic heterocycles. The van der Waals surface area contributed by atoms with Gasteiger partial charge < -0.3 is 14.9 Å². The smallest absolute Gasteiger partial charge is 0.379 e. The number of nitrogens with one attached hydrogen (secondary N) is 1. The summed E-state index contributed by atoms with van der Waals surface area (Å²) in [6.45, 7) is 2.45. The van der Waals surface area contributed by atoms with Crippen LogP contribution >= 0.6 is 11.5 Å². The molecule has 2 amide bonds. The van der Waals surface area contributed by atoms with Crippen LogP contribution in [0, 0.1) is 5.92 Å². The minimum Gasteiger partial charge on any atom is -0.379 e. The number of aliphatic hydroxyl groups is 1. The van der Waals surface area contributed by atoms with Gasteiger partial charge in [0.2, 0.25) is 5.82 Å². The van der Waals surface area contributed by atoms with Gasteiger partial charge in [-0.25, -0.2) is 9.78 Å². The van der Waals surface area contributed by atoms with Gasteiger partial charge in [0.1, 0.15) is 11.2 Å². The molecule has 0 bridgehead atoms. The third-order valence-electron chi connectivity index (χ3n) is 5.70. The van der Waals surface area contributed by atoms with E-state index in [1.54, 1.807) is 4.90 Å². The van der Waals surface area contributed by atoms with Crippen molar-refractivity contribution in [3.05, 3.63) is 10.8 Å². The van der Waals surface area contributed by atoms with E-state index in [4.69, 9.17) is 0 Å². The van der Waals surface area contributed by atoms with Gasteiger partial charge in [0.05, 0.1) is 5.54 Å². The average Bonchev–Trinajstić information content (AvgIpc) is 3.20. The summed E-state index contributed by atoms with van der Waals surface area (Å²) in [5.74, 6) is -0.843. The summed E-state index contributed by atoms with van der Waals surface area (Å²) in [7, 11) is 0. The molecule has 1 unspecified atom stereocenters. The van der Waals surface area contributed by atoms with Gasteiger partial charge in [0.15, 0.2) is 0 Å². The fourth-order valence-corrected chi connectivity index (χ4v) is 4.98. The van der Waals surface area contributed by atoms with Crippen molar-refractivity contribution in [2.75, 3.05) is 26.2 Å². The number of hydrogen-bond donors (Lipinski definition) is 2. The first kappa shape index (κ1) is 18.9. The summed E-state index contributed by atoms with van der Waals surface area (Å²) in [5.41, 5.74) is -0.124. The highest BCUT2D eigenvalue weighted by Gasteiger charge is 2.50. The van der Waals surface area contributed by atoms with Crippen LogP contribution in [0.4, 0.5) is 18.0 Å². The maximum Gasteiger partial charge on any atom is 0.452 e. The highest BCUT2D eigenvalue weighted by atomic mass is 32.1. The van der Waals surface area contributed by atoms with Crippen molar-refractivity contribution in [1.29, 1.82) is 0 Å². The van der Waals surface area contributed by atoms with Gasteiger partial charge in [-0.15, -0.1) is 0 Å². The van der Waals surface area contributed by atoms with E-state index in [0.29, 0.717) is 37.6 Å². The number of alkyl halides is 3. The number of carbonyl (C=O) groups is 1. The molecule has 11 heteroatoms. The monoisotopic (exact) mass is 405 g/mol. The van der Waals surface area contributed by atoms with Crippen molar-refractivity contribution in [3.63, 3.8) is 0 Å². The zero-order chi connectivity index (χ0) is 19.2. The number of nitrogens with zero attached hydrogens (tertiary/aromatic N) is 4. The molecule has 1 aromatic heterocycles. The molecule has 3 fully saturated rings. The van der Waals surface area contributed by atoms with E-state index in [-0.39, 0.29) is 17.5 Å². The van der Waals surface area contributed by atoms with Crippen LogP contribution in [0.2, 0.25) is 0 Å². The highest BCUT2D eigenvalue weighted by molar-refractivity contribution is 7.05. The summed E-state index contributed by atoms with van der Waals surface area (Å²) in [6, 6.07) is 0.0116.